The molecule has 0 saturated carbocycles. The van der Waals surface area contributed by atoms with Crippen LogP contribution >= 0.6 is 11.8 Å². The molecule has 1 heterocycles. The van der Waals surface area contributed by atoms with Gasteiger partial charge >= 0.3 is 0 Å². The molecular formula is C21H18N2OS. The standard InChI is InChI=1S/C21H18N2OS/c1-22-17-10-4-2-8-15(17)14-23-18-11-5-7-13-20(18)25-19-12-6-3-9-16(19)21(23)24/h2-13,22H,14H2,1H3. The molecule has 1 N–H and O–H groups in total. The Labute approximate surface area is 151 Å². The molecule has 1 amide bonds. The van der Waals surface area contributed by atoms with Gasteiger partial charge in [0.25, 0.3) is 5.91 Å². The second-order valence-corrected chi connectivity index (χ2v) is 6.95. The molecule has 4 rings (SSSR count). The highest BCUT2D eigenvalue weighted by Crippen LogP contribution is 2.41. The van der Waals surface area contributed by atoms with Crippen molar-refractivity contribution in [3.8, 4) is 0 Å². The lowest BCUT2D eigenvalue weighted by Crippen LogP contribution is -2.30. The number of hydrogen-bond donors (Lipinski definition) is 1. The molecule has 0 spiro atoms. The number of benzene rings is 3. The molecule has 3 nitrogen and oxygen atoms in total. The summed E-state index contributed by atoms with van der Waals surface area (Å²) in [5.74, 6) is 0.0407. The number of fused-ring (bicyclic) bond motifs is 2. The molecule has 4 heteroatoms. The first kappa shape index (κ1) is 15.8. The van der Waals surface area contributed by atoms with Crippen molar-refractivity contribution in [2.45, 2.75) is 16.3 Å². The van der Waals surface area contributed by atoms with Gasteiger partial charge in [-0.15, -0.1) is 0 Å². The average Bonchev–Trinajstić information content (AvgIpc) is 2.78. The van der Waals surface area contributed by atoms with Crippen LogP contribution in [0, 0.1) is 0 Å². The highest BCUT2D eigenvalue weighted by atomic mass is 32.2. The monoisotopic (exact) mass is 346 g/mol. The van der Waals surface area contributed by atoms with E-state index in [9.17, 15) is 4.79 Å². The van der Waals surface area contributed by atoms with Gasteiger partial charge in [0.1, 0.15) is 0 Å². The number of nitrogens with zero attached hydrogens (tertiary/aromatic N) is 1. The highest BCUT2D eigenvalue weighted by molar-refractivity contribution is 7.99. The number of carbonyl (C=O) groups excluding carboxylic acids is 1. The van der Waals surface area contributed by atoms with Crippen molar-refractivity contribution >= 4 is 29.0 Å². The van der Waals surface area contributed by atoms with E-state index in [4.69, 9.17) is 0 Å². The maximum Gasteiger partial charge on any atom is 0.259 e. The molecule has 0 atom stereocenters. The van der Waals surface area contributed by atoms with Crippen LogP contribution in [0.15, 0.2) is 82.6 Å². The van der Waals surface area contributed by atoms with Crippen molar-refractivity contribution in [3.63, 3.8) is 0 Å². The lowest BCUT2D eigenvalue weighted by molar-refractivity contribution is 0.0982. The van der Waals surface area contributed by atoms with Crippen LogP contribution in [0.5, 0.6) is 0 Å². The third-order valence-electron chi connectivity index (χ3n) is 4.35. The Kier molecular flexibility index (Phi) is 4.20. The van der Waals surface area contributed by atoms with E-state index in [1.54, 1.807) is 11.8 Å². The molecule has 0 bridgehead atoms. The normalized spacial score (nSPS) is 13.0. The number of amides is 1. The van der Waals surface area contributed by atoms with Gasteiger partial charge in [-0.3, -0.25) is 4.79 Å². The van der Waals surface area contributed by atoms with Gasteiger partial charge in [-0.25, -0.2) is 0 Å². The molecule has 25 heavy (non-hydrogen) atoms. The van der Waals surface area contributed by atoms with Crippen LogP contribution in [0.4, 0.5) is 11.4 Å². The third kappa shape index (κ3) is 2.89. The molecule has 1 aliphatic heterocycles. The molecule has 1 aliphatic rings. The van der Waals surface area contributed by atoms with Crippen LogP contribution in [0.3, 0.4) is 0 Å². The number of carbonyl (C=O) groups is 1. The Hall–Kier alpha value is -2.72. The summed E-state index contributed by atoms with van der Waals surface area (Å²) in [6.45, 7) is 0.530. The molecule has 0 aliphatic carbocycles. The Morgan fingerprint density at radius 1 is 0.880 bits per heavy atom. The zero-order chi connectivity index (χ0) is 17.2. The number of para-hydroxylation sites is 2. The number of hydrogen-bond acceptors (Lipinski definition) is 3. The SMILES string of the molecule is CNc1ccccc1CN1C(=O)c2ccccc2Sc2ccccc21. The Balaban J connectivity index is 1.84. The van der Waals surface area contributed by atoms with E-state index < -0.39 is 0 Å². The molecule has 0 unspecified atom stereocenters. The molecule has 0 fully saturated rings. The topological polar surface area (TPSA) is 32.3 Å². The van der Waals surface area contributed by atoms with Crippen molar-refractivity contribution in [1.29, 1.82) is 0 Å². The van der Waals surface area contributed by atoms with Gasteiger partial charge in [-0.2, -0.15) is 0 Å². The summed E-state index contributed by atoms with van der Waals surface area (Å²) in [7, 11) is 1.90. The van der Waals surface area contributed by atoms with Gasteiger partial charge in [-0.05, 0) is 35.9 Å². The number of rotatable bonds is 3. The molecular weight excluding hydrogens is 328 g/mol. The minimum absolute atomic E-state index is 0.0407. The fourth-order valence-electron chi connectivity index (χ4n) is 3.10. The second-order valence-electron chi connectivity index (χ2n) is 5.86. The first-order valence-corrected chi connectivity index (χ1v) is 9.03. The molecule has 0 radical (unpaired) electrons. The largest absolute Gasteiger partial charge is 0.388 e. The van der Waals surface area contributed by atoms with E-state index in [-0.39, 0.29) is 5.91 Å². The van der Waals surface area contributed by atoms with Crippen LogP contribution in [0.1, 0.15) is 15.9 Å². The number of anilines is 2. The van der Waals surface area contributed by atoms with Gasteiger partial charge < -0.3 is 10.2 Å². The summed E-state index contributed by atoms with van der Waals surface area (Å²) >= 11 is 1.65. The minimum atomic E-state index is 0.0407. The smallest absolute Gasteiger partial charge is 0.259 e. The van der Waals surface area contributed by atoms with Gasteiger partial charge in [0.2, 0.25) is 0 Å². The first-order valence-electron chi connectivity index (χ1n) is 8.21. The van der Waals surface area contributed by atoms with Crippen molar-refractivity contribution in [1.82, 2.24) is 0 Å². The van der Waals surface area contributed by atoms with Gasteiger partial charge in [0, 0.05) is 22.5 Å². The van der Waals surface area contributed by atoms with E-state index in [0.29, 0.717) is 6.54 Å². The quantitative estimate of drug-likeness (QED) is 0.721. The van der Waals surface area contributed by atoms with Crippen LogP contribution in [-0.4, -0.2) is 13.0 Å². The minimum Gasteiger partial charge on any atom is -0.388 e. The second kappa shape index (κ2) is 6.65. The van der Waals surface area contributed by atoms with Crippen LogP contribution in [0.2, 0.25) is 0 Å². The predicted molar refractivity (Wildman–Crippen MR) is 104 cm³/mol. The zero-order valence-electron chi connectivity index (χ0n) is 13.9. The summed E-state index contributed by atoms with van der Waals surface area (Å²) in [5.41, 5.74) is 3.85. The Morgan fingerprint density at radius 2 is 1.56 bits per heavy atom. The van der Waals surface area contributed by atoms with E-state index >= 15 is 0 Å². The van der Waals surface area contributed by atoms with Gasteiger partial charge in [0.15, 0.2) is 0 Å². The Morgan fingerprint density at radius 3 is 2.40 bits per heavy atom. The summed E-state index contributed by atoms with van der Waals surface area (Å²) in [5, 5.41) is 3.22. The molecule has 3 aromatic carbocycles. The third-order valence-corrected chi connectivity index (χ3v) is 5.49. The van der Waals surface area contributed by atoms with Crippen molar-refractivity contribution < 1.29 is 4.79 Å². The van der Waals surface area contributed by atoms with Crippen molar-refractivity contribution in [2.24, 2.45) is 0 Å². The maximum absolute atomic E-state index is 13.3. The molecule has 0 aromatic heterocycles. The lowest BCUT2D eigenvalue weighted by Gasteiger charge is -2.24. The highest BCUT2D eigenvalue weighted by Gasteiger charge is 2.27. The van der Waals surface area contributed by atoms with Gasteiger partial charge in [-0.1, -0.05) is 54.2 Å². The summed E-state index contributed by atoms with van der Waals surface area (Å²) in [6.07, 6.45) is 0. The maximum atomic E-state index is 13.3. The summed E-state index contributed by atoms with van der Waals surface area (Å²) < 4.78 is 0. The van der Waals surface area contributed by atoms with Crippen LogP contribution < -0.4 is 10.2 Å². The average molecular weight is 346 g/mol. The Bertz CT molecular complexity index is 938. The summed E-state index contributed by atoms with van der Waals surface area (Å²) in [6, 6.07) is 24.0. The van der Waals surface area contributed by atoms with Gasteiger partial charge in [0.05, 0.1) is 17.8 Å². The first-order chi connectivity index (χ1) is 12.3. The van der Waals surface area contributed by atoms with Crippen LogP contribution in [-0.2, 0) is 6.54 Å². The molecule has 0 saturated heterocycles. The van der Waals surface area contributed by atoms with Crippen LogP contribution in [0.25, 0.3) is 0 Å². The van der Waals surface area contributed by atoms with Crippen molar-refractivity contribution in [2.75, 3.05) is 17.3 Å². The van der Waals surface area contributed by atoms with Crippen molar-refractivity contribution in [3.05, 3.63) is 83.9 Å². The zero-order valence-corrected chi connectivity index (χ0v) is 14.7. The molecule has 124 valence electrons. The summed E-state index contributed by atoms with van der Waals surface area (Å²) in [4.78, 5) is 17.3. The van der Waals surface area contributed by atoms with E-state index in [2.05, 4.69) is 17.4 Å². The van der Waals surface area contributed by atoms with E-state index in [1.165, 1.54) is 0 Å². The van der Waals surface area contributed by atoms with E-state index in [1.807, 2.05) is 72.6 Å². The fraction of sp³-hybridized carbons (Fsp3) is 0.0952. The number of nitrogens with one attached hydrogen (secondary N) is 1. The fourth-order valence-corrected chi connectivity index (χ4v) is 4.18. The predicted octanol–water partition coefficient (Wildman–Crippen LogP) is 5.04. The molecule has 3 aromatic rings. The lowest BCUT2D eigenvalue weighted by atomic mass is 10.1. The van der Waals surface area contributed by atoms with E-state index in [0.717, 1.165) is 32.3 Å².